The summed E-state index contributed by atoms with van der Waals surface area (Å²) in [5.74, 6) is 0.187. The van der Waals surface area contributed by atoms with Crippen LogP contribution in [-0.2, 0) is 17.6 Å². The van der Waals surface area contributed by atoms with Crippen molar-refractivity contribution in [3.8, 4) is 0 Å². The van der Waals surface area contributed by atoms with Crippen molar-refractivity contribution in [1.82, 2.24) is 0 Å². The molecule has 0 bridgehead atoms. The number of rotatable bonds is 5. The largest absolute Gasteiger partial charge is 0.299 e. The first-order valence-electron chi connectivity index (χ1n) is 8.67. The standard InChI is InChI=1S/C23H24O/c1-4-18-6-8-19(9-7-18)14-23(24)17(3)20-11-12-21-13-16(2)5-10-22(21)15-20/h5-13,15,17H,4,14H2,1-3H3. The van der Waals surface area contributed by atoms with E-state index in [1.54, 1.807) is 0 Å². The summed E-state index contributed by atoms with van der Waals surface area (Å²) in [5.41, 5.74) is 4.76. The zero-order valence-corrected chi connectivity index (χ0v) is 14.7. The van der Waals surface area contributed by atoms with E-state index in [9.17, 15) is 4.79 Å². The number of carbonyl (C=O) groups is 1. The molecule has 1 atom stereocenters. The first-order valence-corrected chi connectivity index (χ1v) is 8.67. The summed E-state index contributed by atoms with van der Waals surface area (Å²) in [6.45, 7) is 6.25. The van der Waals surface area contributed by atoms with Crippen LogP contribution in [0.3, 0.4) is 0 Å². The quantitative estimate of drug-likeness (QED) is 0.596. The van der Waals surface area contributed by atoms with Gasteiger partial charge in [0, 0.05) is 12.3 Å². The molecule has 0 saturated heterocycles. The Morgan fingerprint density at radius 1 is 0.875 bits per heavy atom. The van der Waals surface area contributed by atoms with Gasteiger partial charge in [0.25, 0.3) is 0 Å². The van der Waals surface area contributed by atoms with Crippen LogP contribution in [0.5, 0.6) is 0 Å². The van der Waals surface area contributed by atoms with Gasteiger partial charge in [-0.15, -0.1) is 0 Å². The molecule has 0 aliphatic heterocycles. The molecule has 0 saturated carbocycles. The van der Waals surface area contributed by atoms with Crippen molar-refractivity contribution in [2.75, 3.05) is 0 Å². The summed E-state index contributed by atoms with van der Waals surface area (Å²) < 4.78 is 0. The van der Waals surface area contributed by atoms with Crippen LogP contribution < -0.4 is 0 Å². The Labute approximate surface area is 144 Å². The van der Waals surface area contributed by atoms with Crippen molar-refractivity contribution < 1.29 is 4.79 Å². The van der Waals surface area contributed by atoms with Crippen LogP contribution >= 0.6 is 0 Å². The first-order chi connectivity index (χ1) is 11.6. The highest BCUT2D eigenvalue weighted by atomic mass is 16.1. The second kappa shape index (κ2) is 7.00. The minimum atomic E-state index is -0.0819. The Hall–Kier alpha value is -2.41. The van der Waals surface area contributed by atoms with E-state index in [-0.39, 0.29) is 11.7 Å². The van der Waals surface area contributed by atoms with E-state index in [4.69, 9.17) is 0 Å². The van der Waals surface area contributed by atoms with Crippen molar-refractivity contribution in [3.63, 3.8) is 0 Å². The molecule has 0 N–H and O–H groups in total. The molecule has 122 valence electrons. The van der Waals surface area contributed by atoms with Crippen LogP contribution in [0, 0.1) is 6.92 Å². The fourth-order valence-corrected chi connectivity index (χ4v) is 3.09. The molecule has 0 spiro atoms. The summed E-state index contributed by atoms with van der Waals surface area (Å²) >= 11 is 0. The van der Waals surface area contributed by atoms with Crippen molar-refractivity contribution in [2.24, 2.45) is 0 Å². The summed E-state index contributed by atoms with van der Waals surface area (Å²) in [7, 11) is 0. The Balaban J connectivity index is 1.78. The number of hydrogen-bond donors (Lipinski definition) is 0. The van der Waals surface area contributed by atoms with Gasteiger partial charge in [-0.05, 0) is 40.8 Å². The maximum absolute atomic E-state index is 12.7. The summed E-state index contributed by atoms with van der Waals surface area (Å²) in [4.78, 5) is 12.7. The third-order valence-electron chi connectivity index (χ3n) is 4.81. The van der Waals surface area contributed by atoms with Crippen LogP contribution in [0.25, 0.3) is 10.8 Å². The number of aryl methyl sites for hydroxylation is 2. The zero-order valence-electron chi connectivity index (χ0n) is 14.7. The van der Waals surface area contributed by atoms with Gasteiger partial charge in [-0.25, -0.2) is 0 Å². The molecule has 0 aliphatic carbocycles. The van der Waals surface area contributed by atoms with Gasteiger partial charge in [0.05, 0.1) is 0 Å². The maximum atomic E-state index is 12.7. The smallest absolute Gasteiger partial charge is 0.144 e. The van der Waals surface area contributed by atoms with E-state index >= 15 is 0 Å². The fourth-order valence-electron chi connectivity index (χ4n) is 3.09. The van der Waals surface area contributed by atoms with E-state index in [0.717, 1.165) is 17.5 Å². The van der Waals surface area contributed by atoms with Gasteiger partial charge >= 0.3 is 0 Å². The number of benzene rings is 3. The summed E-state index contributed by atoms with van der Waals surface area (Å²) in [6, 6.07) is 21.2. The minimum Gasteiger partial charge on any atom is -0.299 e. The molecule has 0 aromatic heterocycles. The van der Waals surface area contributed by atoms with Gasteiger partial charge in [-0.2, -0.15) is 0 Å². The highest BCUT2D eigenvalue weighted by Gasteiger charge is 2.16. The highest BCUT2D eigenvalue weighted by Crippen LogP contribution is 2.24. The predicted molar refractivity (Wildman–Crippen MR) is 102 cm³/mol. The van der Waals surface area contributed by atoms with Gasteiger partial charge in [0.15, 0.2) is 0 Å². The van der Waals surface area contributed by atoms with Crippen LogP contribution in [0.4, 0.5) is 0 Å². The third-order valence-corrected chi connectivity index (χ3v) is 4.81. The molecule has 1 nitrogen and oxygen atoms in total. The lowest BCUT2D eigenvalue weighted by molar-refractivity contribution is -0.119. The first kappa shape index (κ1) is 16.4. The van der Waals surface area contributed by atoms with Crippen molar-refractivity contribution >= 4 is 16.6 Å². The molecule has 0 fully saturated rings. The topological polar surface area (TPSA) is 17.1 Å². The molecule has 0 amide bonds. The average Bonchev–Trinajstić information content (AvgIpc) is 2.61. The molecule has 0 heterocycles. The minimum absolute atomic E-state index is 0.0819. The number of ketones is 1. The van der Waals surface area contributed by atoms with Gasteiger partial charge in [0.2, 0.25) is 0 Å². The number of Topliss-reactive ketones (excluding diaryl/α,β-unsaturated/α-hetero) is 1. The zero-order chi connectivity index (χ0) is 17.1. The molecule has 1 unspecified atom stereocenters. The van der Waals surface area contributed by atoms with Crippen LogP contribution in [0.15, 0.2) is 60.7 Å². The SMILES string of the molecule is CCc1ccc(CC(=O)C(C)c2ccc3cc(C)ccc3c2)cc1. The molecule has 0 aliphatic rings. The molecular weight excluding hydrogens is 292 g/mol. The number of carbonyl (C=O) groups excluding carboxylic acids is 1. The molecule has 3 aromatic carbocycles. The predicted octanol–water partition coefficient (Wildman–Crippen LogP) is 5.63. The Bertz CT molecular complexity index is 859. The van der Waals surface area contributed by atoms with E-state index in [2.05, 4.69) is 74.5 Å². The van der Waals surface area contributed by atoms with Gasteiger partial charge < -0.3 is 0 Å². The molecular formula is C23H24O. The molecule has 3 aromatic rings. The maximum Gasteiger partial charge on any atom is 0.144 e. The van der Waals surface area contributed by atoms with Gasteiger partial charge in [-0.3, -0.25) is 4.79 Å². The van der Waals surface area contributed by atoms with Gasteiger partial charge in [-0.1, -0.05) is 80.1 Å². The lowest BCUT2D eigenvalue weighted by Gasteiger charge is -2.12. The Morgan fingerprint density at radius 2 is 1.50 bits per heavy atom. The normalized spacial score (nSPS) is 12.3. The Kier molecular flexibility index (Phi) is 4.80. The average molecular weight is 316 g/mol. The number of hydrogen-bond acceptors (Lipinski definition) is 1. The highest BCUT2D eigenvalue weighted by molar-refractivity contribution is 5.90. The van der Waals surface area contributed by atoms with Crippen molar-refractivity contribution in [3.05, 3.63) is 82.9 Å². The second-order valence-electron chi connectivity index (χ2n) is 6.64. The summed E-state index contributed by atoms with van der Waals surface area (Å²) in [6.07, 6.45) is 1.53. The van der Waals surface area contributed by atoms with E-state index < -0.39 is 0 Å². The van der Waals surface area contributed by atoms with Crippen molar-refractivity contribution in [1.29, 1.82) is 0 Å². The Morgan fingerprint density at radius 3 is 2.21 bits per heavy atom. The van der Waals surface area contributed by atoms with E-state index in [0.29, 0.717) is 6.42 Å². The van der Waals surface area contributed by atoms with Crippen molar-refractivity contribution in [2.45, 2.75) is 39.5 Å². The van der Waals surface area contributed by atoms with Crippen LogP contribution in [0.2, 0.25) is 0 Å². The lowest BCUT2D eigenvalue weighted by atomic mass is 9.91. The monoisotopic (exact) mass is 316 g/mol. The molecule has 1 heteroatoms. The van der Waals surface area contributed by atoms with Crippen LogP contribution in [-0.4, -0.2) is 5.78 Å². The second-order valence-corrected chi connectivity index (χ2v) is 6.64. The van der Waals surface area contributed by atoms with E-state index in [1.807, 2.05) is 6.92 Å². The van der Waals surface area contributed by atoms with Gasteiger partial charge in [0.1, 0.15) is 5.78 Å². The lowest BCUT2D eigenvalue weighted by Crippen LogP contribution is -2.12. The summed E-state index contributed by atoms with van der Waals surface area (Å²) in [5, 5.41) is 2.43. The molecule has 24 heavy (non-hydrogen) atoms. The van der Waals surface area contributed by atoms with Crippen LogP contribution in [0.1, 0.15) is 42.0 Å². The fraction of sp³-hybridized carbons (Fsp3) is 0.261. The molecule has 3 rings (SSSR count). The third kappa shape index (κ3) is 3.56. The molecule has 0 radical (unpaired) electrons. The van der Waals surface area contributed by atoms with E-state index in [1.165, 1.54) is 21.9 Å². The number of fused-ring (bicyclic) bond motifs is 1.